The lowest BCUT2D eigenvalue weighted by molar-refractivity contribution is 0.275. The molecule has 0 heterocycles. The second-order valence-electron chi connectivity index (χ2n) is 6.94. The highest BCUT2D eigenvalue weighted by Gasteiger charge is 2.37. The van der Waals surface area contributed by atoms with E-state index >= 15 is 0 Å². The average molecular weight is 520 g/mol. The van der Waals surface area contributed by atoms with Crippen molar-refractivity contribution in [2.24, 2.45) is 0 Å². The molecule has 14 heteroatoms. The molecular weight excluding hydrogens is 513 g/mol. The van der Waals surface area contributed by atoms with Crippen LogP contribution in [0.25, 0.3) is 10.8 Å². The summed E-state index contributed by atoms with van der Waals surface area (Å²) in [5.74, 6) is -21.4. The summed E-state index contributed by atoms with van der Waals surface area (Å²) < 4.78 is 154. The third-order valence-electron chi connectivity index (χ3n) is 4.70. The van der Waals surface area contributed by atoms with E-state index in [9.17, 15) is 43.9 Å². The van der Waals surface area contributed by atoms with Gasteiger partial charge in [-0.25, -0.2) is 35.1 Å². The molecule has 186 valence electrons. The van der Waals surface area contributed by atoms with E-state index < -0.39 is 93.5 Å². The van der Waals surface area contributed by atoms with Gasteiger partial charge >= 0.3 is 7.32 Å². The van der Waals surface area contributed by atoms with Crippen LogP contribution in [0.15, 0.2) is 42.5 Å². The Balaban J connectivity index is 1.84. The fourth-order valence-electron chi connectivity index (χ4n) is 3.05. The van der Waals surface area contributed by atoms with Crippen molar-refractivity contribution in [3.05, 3.63) is 101 Å². The van der Waals surface area contributed by atoms with Crippen LogP contribution in [0.2, 0.25) is 0 Å². The van der Waals surface area contributed by atoms with Gasteiger partial charge in [0.05, 0.1) is 5.39 Å². The first-order valence-electron chi connectivity index (χ1n) is 9.52. The molecule has 0 bridgehead atoms. The summed E-state index contributed by atoms with van der Waals surface area (Å²) in [4.78, 5) is 0. The molecular formula is C22H7BF10O3. The van der Waals surface area contributed by atoms with Gasteiger partial charge in [0.25, 0.3) is 0 Å². The summed E-state index contributed by atoms with van der Waals surface area (Å²) in [5.41, 5.74) is 0. The highest BCUT2D eigenvalue weighted by molar-refractivity contribution is 6.40. The third-order valence-corrected chi connectivity index (χ3v) is 4.70. The van der Waals surface area contributed by atoms with Gasteiger partial charge < -0.3 is 14.0 Å². The van der Waals surface area contributed by atoms with Crippen LogP contribution < -0.4 is 14.0 Å². The first-order valence-corrected chi connectivity index (χ1v) is 9.52. The lowest BCUT2D eigenvalue weighted by Gasteiger charge is -2.19. The first kappa shape index (κ1) is 25.0. The van der Waals surface area contributed by atoms with E-state index in [2.05, 4.69) is 0 Å². The highest BCUT2D eigenvalue weighted by Crippen LogP contribution is 2.34. The molecule has 0 N–H and O–H groups in total. The minimum absolute atomic E-state index is 0.274. The third kappa shape index (κ3) is 4.45. The normalized spacial score (nSPS) is 11.1. The van der Waals surface area contributed by atoms with Crippen LogP contribution in [0.3, 0.4) is 0 Å². The molecule has 36 heavy (non-hydrogen) atoms. The van der Waals surface area contributed by atoms with Gasteiger partial charge in [-0.05, 0) is 42.5 Å². The highest BCUT2D eigenvalue weighted by atomic mass is 19.2. The Morgan fingerprint density at radius 1 is 0.444 bits per heavy atom. The van der Waals surface area contributed by atoms with E-state index in [1.165, 1.54) is 0 Å². The molecule has 0 aromatic heterocycles. The number of hydrogen-bond donors (Lipinski definition) is 0. The maximum atomic E-state index is 14.2. The SMILES string of the molecule is Fc1ccc(F)c(OB(Oc2c(F)ccc(F)c2F)Oc2ccc(F)c3c(F)c(F)c(F)cc23)c1F. The van der Waals surface area contributed by atoms with Gasteiger partial charge in [0.2, 0.25) is 11.6 Å². The molecule has 0 saturated carbocycles. The number of halogens is 10. The predicted molar refractivity (Wildman–Crippen MR) is 104 cm³/mol. The van der Waals surface area contributed by atoms with Gasteiger partial charge in [-0.2, -0.15) is 8.78 Å². The van der Waals surface area contributed by atoms with Crippen molar-refractivity contribution < 1.29 is 57.9 Å². The molecule has 4 aromatic carbocycles. The van der Waals surface area contributed by atoms with Crippen LogP contribution in [0.1, 0.15) is 0 Å². The number of hydrogen-bond acceptors (Lipinski definition) is 3. The summed E-state index contributed by atoms with van der Waals surface area (Å²) in [6.45, 7) is 0. The summed E-state index contributed by atoms with van der Waals surface area (Å²) in [5, 5.41) is -1.96. The van der Waals surface area contributed by atoms with Crippen molar-refractivity contribution in [2.45, 2.75) is 0 Å². The molecule has 0 fully saturated rings. The Kier molecular flexibility index (Phi) is 6.61. The minimum atomic E-state index is -2.72. The molecule has 0 saturated heterocycles. The standard InChI is InChI=1S/C22H7BF10O3/c24-9-5-6-15(8-7-14(29)17(30)20(33)16(8)9)34-23(35-21-12(27)3-1-10(25)18(21)31)36-22-13(28)4-2-11(26)19(22)32/h1-7H. The molecule has 0 unspecified atom stereocenters. The van der Waals surface area contributed by atoms with Crippen molar-refractivity contribution in [3.8, 4) is 17.2 Å². The molecule has 0 atom stereocenters. The van der Waals surface area contributed by atoms with Crippen molar-refractivity contribution in [2.75, 3.05) is 0 Å². The van der Waals surface area contributed by atoms with Gasteiger partial charge in [0.15, 0.2) is 52.2 Å². The van der Waals surface area contributed by atoms with Crippen LogP contribution in [-0.4, -0.2) is 7.32 Å². The van der Waals surface area contributed by atoms with E-state index in [0.717, 1.165) is 0 Å². The van der Waals surface area contributed by atoms with Crippen LogP contribution in [0.5, 0.6) is 17.2 Å². The van der Waals surface area contributed by atoms with Crippen LogP contribution in [-0.2, 0) is 0 Å². The maximum Gasteiger partial charge on any atom is 0.864 e. The Morgan fingerprint density at radius 2 is 0.917 bits per heavy atom. The van der Waals surface area contributed by atoms with E-state index in [-0.39, 0.29) is 6.07 Å². The second-order valence-corrected chi connectivity index (χ2v) is 6.94. The van der Waals surface area contributed by atoms with Crippen molar-refractivity contribution >= 4 is 18.1 Å². The summed E-state index contributed by atoms with van der Waals surface area (Å²) in [6, 6.07) is 2.98. The summed E-state index contributed by atoms with van der Waals surface area (Å²) >= 11 is 0. The largest absolute Gasteiger partial charge is 0.864 e. The van der Waals surface area contributed by atoms with Crippen molar-refractivity contribution in [1.82, 2.24) is 0 Å². The zero-order valence-corrected chi connectivity index (χ0v) is 17.1. The summed E-state index contributed by atoms with van der Waals surface area (Å²) in [6.07, 6.45) is 0. The zero-order chi connectivity index (χ0) is 26.3. The van der Waals surface area contributed by atoms with Crippen LogP contribution in [0.4, 0.5) is 43.9 Å². The Hall–Kier alpha value is -4.10. The minimum Gasteiger partial charge on any atom is -0.489 e. The smallest absolute Gasteiger partial charge is 0.489 e. The van der Waals surface area contributed by atoms with E-state index in [4.69, 9.17) is 14.0 Å². The van der Waals surface area contributed by atoms with E-state index in [1.807, 2.05) is 0 Å². The van der Waals surface area contributed by atoms with Gasteiger partial charge in [-0.1, -0.05) is 0 Å². The van der Waals surface area contributed by atoms with Crippen molar-refractivity contribution in [1.29, 1.82) is 0 Å². The van der Waals surface area contributed by atoms with E-state index in [0.29, 0.717) is 36.4 Å². The zero-order valence-electron chi connectivity index (χ0n) is 17.1. The molecule has 0 amide bonds. The quantitative estimate of drug-likeness (QED) is 0.122. The van der Waals surface area contributed by atoms with E-state index in [1.54, 1.807) is 0 Å². The second kappa shape index (κ2) is 9.51. The first-order chi connectivity index (χ1) is 17.0. The molecule has 0 aliphatic heterocycles. The van der Waals surface area contributed by atoms with Gasteiger partial charge in [-0.15, -0.1) is 0 Å². The Bertz CT molecular complexity index is 1440. The molecule has 0 aliphatic carbocycles. The monoisotopic (exact) mass is 520 g/mol. The number of benzene rings is 4. The molecule has 4 aromatic rings. The molecule has 0 spiro atoms. The maximum absolute atomic E-state index is 14.2. The van der Waals surface area contributed by atoms with Gasteiger partial charge in [0.1, 0.15) is 11.6 Å². The lowest BCUT2D eigenvalue weighted by Crippen LogP contribution is -2.38. The van der Waals surface area contributed by atoms with Crippen LogP contribution >= 0.6 is 0 Å². The van der Waals surface area contributed by atoms with Crippen molar-refractivity contribution in [3.63, 3.8) is 0 Å². The van der Waals surface area contributed by atoms with Gasteiger partial charge in [-0.3, -0.25) is 0 Å². The summed E-state index contributed by atoms with van der Waals surface area (Å²) in [7, 11) is -2.72. The number of fused-ring (bicyclic) bond motifs is 1. The molecule has 0 radical (unpaired) electrons. The van der Waals surface area contributed by atoms with Crippen LogP contribution in [0, 0.1) is 58.2 Å². The molecule has 3 nitrogen and oxygen atoms in total. The lowest BCUT2D eigenvalue weighted by atomic mass is 10.1. The molecule has 4 rings (SSSR count). The average Bonchev–Trinajstić information content (AvgIpc) is 2.84. The van der Waals surface area contributed by atoms with Gasteiger partial charge in [0, 0.05) is 5.39 Å². The Labute approximate surface area is 194 Å². The fraction of sp³-hybridized carbons (Fsp3) is 0. The predicted octanol–water partition coefficient (Wildman–Crippen LogP) is 6.75. The number of rotatable bonds is 6. The topological polar surface area (TPSA) is 27.7 Å². The molecule has 0 aliphatic rings. The fourth-order valence-corrected chi connectivity index (χ4v) is 3.05. The Morgan fingerprint density at radius 3 is 1.44 bits per heavy atom.